The maximum absolute atomic E-state index is 12.6. The lowest BCUT2D eigenvalue weighted by molar-refractivity contribution is 0.628. The maximum atomic E-state index is 12.6. The van der Waals surface area contributed by atoms with Gasteiger partial charge in [0.25, 0.3) is 0 Å². The summed E-state index contributed by atoms with van der Waals surface area (Å²) in [4.78, 5) is 0. The molecule has 2 rings (SSSR count). The molecule has 2 heteroatoms. The predicted molar refractivity (Wildman–Crippen MR) is 56.5 cm³/mol. The van der Waals surface area contributed by atoms with Gasteiger partial charge in [-0.1, -0.05) is 24.3 Å². The van der Waals surface area contributed by atoms with Gasteiger partial charge in [-0.25, -0.2) is 4.39 Å². The largest absolute Gasteiger partial charge is 0.311 e. The van der Waals surface area contributed by atoms with Crippen molar-refractivity contribution in [2.45, 2.75) is 18.9 Å². The van der Waals surface area contributed by atoms with E-state index in [4.69, 9.17) is 0 Å². The average Bonchev–Trinajstić information content (AvgIpc) is 2.70. The number of halogens is 1. The molecule has 0 aromatic heterocycles. The average molecular weight is 191 g/mol. The van der Waals surface area contributed by atoms with Gasteiger partial charge >= 0.3 is 0 Å². The first-order chi connectivity index (χ1) is 6.84. The van der Waals surface area contributed by atoms with Crippen LogP contribution in [0.1, 0.15) is 18.4 Å². The zero-order chi connectivity index (χ0) is 9.80. The zero-order valence-corrected chi connectivity index (χ0v) is 8.04. The topological polar surface area (TPSA) is 12.0 Å². The molecule has 0 amide bonds. The van der Waals surface area contributed by atoms with Crippen LogP contribution in [0.25, 0.3) is 6.08 Å². The fraction of sp³-hybridized carbons (Fsp3) is 0.333. The quantitative estimate of drug-likeness (QED) is 0.757. The SMILES string of the molecule is Fc1ccc(/C=C/C2CCCN2)cc1. The molecule has 1 aromatic rings. The fourth-order valence-electron chi connectivity index (χ4n) is 1.68. The Morgan fingerprint density at radius 2 is 2.07 bits per heavy atom. The van der Waals surface area contributed by atoms with Crippen LogP contribution >= 0.6 is 0 Å². The van der Waals surface area contributed by atoms with Crippen LogP contribution in [0.3, 0.4) is 0 Å². The van der Waals surface area contributed by atoms with Crippen molar-refractivity contribution in [1.29, 1.82) is 0 Å². The minimum Gasteiger partial charge on any atom is -0.311 e. The van der Waals surface area contributed by atoms with E-state index in [1.165, 1.54) is 25.0 Å². The lowest BCUT2D eigenvalue weighted by Gasteiger charge is -2.01. The van der Waals surface area contributed by atoms with Gasteiger partial charge in [0.2, 0.25) is 0 Å². The van der Waals surface area contributed by atoms with E-state index in [2.05, 4.69) is 11.4 Å². The first kappa shape index (κ1) is 9.41. The summed E-state index contributed by atoms with van der Waals surface area (Å²) in [5.41, 5.74) is 1.06. The van der Waals surface area contributed by atoms with Crippen molar-refractivity contribution in [3.8, 4) is 0 Å². The highest BCUT2D eigenvalue weighted by Gasteiger charge is 2.09. The molecule has 1 aromatic carbocycles. The van der Waals surface area contributed by atoms with E-state index in [-0.39, 0.29) is 5.82 Å². The van der Waals surface area contributed by atoms with Gasteiger partial charge in [-0.3, -0.25) is 0 Å². The zero-order valence-electron chi connectivity index (χ0n) is 8.04. The van der Waals surface area contributed by atoms with Crippen LogP contribution in [0.2, 0.25) is 0 Å². The van der Waals surface area contributed by atoms with E-state index in [9.17, 15) is 4.39 Å². The third kappa shape index (κ3) is 2.42. The Bertz CT molecular complexity index is 310. The standard InChI is InChI=1S/C12H14FN/c13-11-6-3-10(4-7-11)5-8-12-2-1-9-14-12/h3-8,12,14H,1-2,9H2/b8-5+. The van der Waals surface area contributed by atoms with Gasteiger partial charge in [0.15, 0.2) is 0 Å². The van der Waals surface area contributed by atoms with E-state index in [1.807, 2.05) is 6.08 Å². The van der Waals surface area contributed by atoms with Gasteiger partial charge < -0.3 is 5.32 Å². The van der Waals surface area contributed by atoms with Crippen LogP contribution in [-0.4, -0.2) is 12.6 Å². The van der Waals surface area contributed by atoms with Crippen molar-refractivity contribution < 1.29 is 4.39 Å². The van der Waals surface area contributed by atoms with Crippen LogP contribution in [-0.2, 0) is 0 Å². The first-order valence-corrected chi connectivity index (χ1v) is 5.02. The fourth-order valence-corrected chi connectivity index (χ4v) is 1.68. The molecule has 1 aliphatic heterocycles. The summed E-state index contributed by atoms with van der Waals surface area (Å²) in [7, 11) is 0. The number of nitrogens with one attached hydrogen (secondary N) is 1. The molecule has 0 bridgehead atoms. The monoisotopic (exact) mass is 191 g/mol. The molecule has 1 atom stereocenters. The lowest BCUT2D eigenvalue weighted by Crippen LogP contribution is -2.17. The predicted octanol–water partition coefficient (Wildman–Crippen LogP) is 2.59. The van der Waals surface area contributed by atoms with E-state index < -0.39 is 0 Å². The van der Waals surface area contributed by atoms with Crippen molar-refractivity contribution in [2.24, 2.45) is 0 Å². The van der Waals surface area contributed by atoms with Gasteiger partial charge in [0, 0.05) is 6.04 Å². The van der Waals surface area contributed by atoms with Crippen molar-refractivity contribution >= 4 is 6.08 Å². The molecule has 1 N–H and O–H groups in total. The highest BCUT2D eigenvalue weighted by molar-refractivity contribution is 5.49. The van der Waals surface area contributed by atoms with Gasteiger partial charge in [-0.2, -0.15) is 0 Å². The molecular weight excluding hydrogens is 177 g/mol. The molecule has 1 nitrogen and oxygen atoms in total. The summed E-state index contributed by atoms with van der Waals surface area (Å²) in [6.07, 6.45) is 6.65. The first-order valence-electron chi connectivity index (χ1n) is 5.02. The second-order valence-corrected chi connectivity index (χ2v) is 3.61. The summed E-state index contributed by atoms with van der Waals surface area (Å²) in [5, 5.41) is 3.38. The molecule has 0 saturated carbocycles. The summed E-state index contributed by atoms with van der Waals surface area (Å²) >= 11 is 0. The molecule has 1 heterocycles. The van der Waals surface area contributed by atoms with Crippen LogP contribution in [0.15, 0.2) is 30.3 Å². The molecule has 0 aliphatic carbocycles. The van der Waals surface area contributed by atoms with Crippen LogP contribution in [0.4, 0.5) is 4.39 Å². The molecule has 1 saturated heterocycles. The van der Waals surface area contributed by atoms with E-state index in [0.29, 0.717) is 6.04 Å². The highest BCUT2D eigenvalue weighted by atomic mass is 19.1. The molecule has 1 unspecified atom stereocenters. The second kappa shape index (κ2) is 4.38. The van der Waals surface area contributed by atoms with Crippen LogP contribution < -0.4 is 5.32 Å². The van der Waals surface area contributed by atoms with Gasteiger partial charge in [0.05, 0.1) is 0 Å². The van der Waals surface area contributed by atoms with E-state index >= 15 is 0 Å². The summed E-state index contributed by atoms with van der Waals surface area (Å²) < 4.78 is 12.6. The Morgan fingerprint density at radius 1 is 1.29 bits per heavy atom. The minimum atomic E-state index is -0.179. The summed E-state index contributed by atoms with van der Waals surface area (Å²) in [6, 6.07) is 7.06. The number of hydrogen-bond donors (Lipinski definition) is 1. The molecule has 0 spiro atoms. The van der Waals surface area contributed by atoms with E-state index in [1.54, 1.807) is 12.1 Å². The third-order valence-electron chi connectivity index (χ3n) is 2.49. The molecule has 14 heavy (non-hydrogen) atoms. The minimum absolute atomic E-state index is 0.179. The number of hydrogen-bond acceptors (Lipinski definition) is 1. The van der Waals surface area contributed by atoms with Gasteiger partial charge in [-0.15, -0.1) is 0 Å². The van der Waals surface area contributed by atoms with Crippen molar-refractivity contribution in [1.82, 2.24) is 5.32 Å². The Morgan fingerprint density at radius 3 is 2.71 bits per heavy atom. The Balaban J connectivity index is 1.99. The van der Waals surface area contributed by atoms with Crippen molar-refractivity contribution in [3.05, 3.63) is 41.7 Å². The Kier molecular flexibility index (Phi) is 2.94. The molecule has 74 valence electrons. The molecule has 1 fully saturated rings. The van der Waals surface area contributed by atoms with Crippen molar-refractivity contribution in [3.63, 3.8) is 0 Å². The Hall–Kier alpha value is -1.15. The van der Waals surface area contributed by atoms with E-state index in [0.717, 1.165) is 12.1 Å². The Labute approximate surface area is 83.6 Å². The molecule has 1 aliphatic rings. The third-order valence-corrected chi connectivity index (χ3v) is 2.49. The normalized spacial score (nSPS) is 21.9. The summed E-state index contributed by atoms with van der Waals surface area (Å²) in [6.45, 7) is 1.11. The van der Waals surface area contributed by atoms with Gasteiger partial charge in [0.1, 0.15) is 5.82 Å². The number of rotatable bonds is 2. The van der Waals surface area contributed by atoms with Gasteiger partial charge in [-0.05, 0) is 37.1 Å². The lowest BCUT2D eigenvalue weighted by atomic mass is 10.1. The smallest absolute Gasteiger partial charge is 0.123 e. The molecular formula is C12H14FN. The highest BCUT2D eigenvalue weighted by Crippen LogP contribution is 2.09. The number of benzene rings is 1. The van der Waals surface area contributed by atoms with Crippen molar-refractivity contribution in [2.75, 3.05) is 6.54 Å². The maximum Gasteiger partial charge on any atom is 0.123 e. The summed E-state index contributed by atoms with van der Waals surface area (Å²) in [5.74, 6) is -0.179. The second-order valence-electron chi connectivity index (χ2n) is 3.61. The molecule has 0 radical (unpaired) electrons. The van der Waals surface area contributed by atoms with Crippen LogP contribution in [0, 0.1) is 5.82 Å². The van der Waals surface area contributed by atoms with Crippen LogP contribution in [0.5, 0.6) is 0 Å².